The lowest BCUT2D eigenvalue weighted by Gasteiger charge is -2.35. The smallest absolute Gasteiger partial charge is 0.259 e. The molecule has 13 heteroatoms. The molecule has 0 radical (unpaired) electrons. The number of ether oxygens (including phenoxy) is 1. The van der Waals surface area contributed by atoms with Crippen molar-refractivity contribution in [2.24, 2.45) is 0 Å². The molecule has 2 aromatic carbocycles. The van der Waals surface area contributed by atoms with Crippen LogP contribution in [0.5, 0.6) is 11.5 Å². The number of hydrogen-bond acceptors (Lipinski definition) is 8. The number of nitrogens with one attached hydrogen (secondary N) is 2. The summed E-state index contributed by atoms with van der Waals surface area (Å²) in [6, 6.07) is 10.1. The first-order valence-corrected chi connectivity index (χ1v) is 16.4. The number of nitrogens with zero attached hydrogens (tertiary/aromatic N) is 6. The number of hydrogen-bond donors (Lipinski definition) is 2. The van der Waals surface area contributed by atoms with Crippen molar-refractivity contribution < 1.29 is 18.7 Å². The normalized spacial score (nSPS) is 16.9. The summed E-state index contributed by atoms with van der Waals surface area (Å²) in [5, 5.41) is 3.17. The van der Waals surface area contributed by atoms with E-state index in [2.05, 4.69) is 20.3 Å². The van der Waals surface area contributed by atoms with Crippen LogP contribution in [0.3, 0.4) is 0 Å². The van der Waals surface area contributed by atoms with Crippen LogP contribution in [0.4, 0.5) is 16.0 Å². The summed E-state index contributed by atoms with van der Waals surface area (Å²) in [5.41, 5.74) is 3.71. The molecular formula is C36H35FN8O4. The van der Waals surface area contributed by atoms with Crippen LogP contribution in [0, 0.1) is 19.7 Å². The van der Waals surface area contributed by atoms with E-state index >= 15 is 4.39 Å². The highest BCUT2D eigenvalue weighted by atomic mass is 19.1. The van der Waals surface area contributed by atoms with Gasteiger partial charge in [-0.25, -0.2) is 14.4 Å². The number of aromatic nitrogens is 4. The minimum Gasteiger partial charge on any atom is -0.451 e. The zero-order valence-corrected chi connectivity index (χ0v) is 27.2. The summed E-state index contributed by atoms with van der Waals surface area (Å²) >= 11 is 0. The minimum absolute atomic E-state index is 0.0384. The molecule has 1 unspecified atom stereocenters. The number of carbonyl (C=O) groups is 2. The van der Waals surface area contributed by atoms with E-state index in [0.717, 1.165) is 16.8 Å². The molecule has 0 spiro atoms. The van der Waals surface area contributed by atoms with Gasteiger partial charge in [-0.3, -0.25) is 14.4 Å². The summed E-state index contributed by atoms with van der Waals surface area (Å²) in [4.78, 5) is 58.1. The Morgan fingerprint density at radius 3 is 2.57 bits per heavy atom. The second-order valence-electron chi connectivity index (χ2n) is 12.8. The van der Waals surface area contributed by atoms with Gasteiger partial charge in [0.05, 0.1) is 17.5 Å². The van der Waals surface area contributed by atoms with E-state index in [4.69, 9.17) is 4.74 Å². The predicted octanol–water partition coefficient (Wildman–Crippen LogP) is 3.87. The number of pyridine rings is 1. The van der Waals surface area contributed by atoms with Gasteiger partial charge in [-0.1, -0.05) is 12.1 Å². The van der Waals surface area contributed by atoms with Gasteiger partial charge >= 0.3 is 0 Å². The number of amides is 2. The number of rotatable bonds is 6. The highest BCUT2D eigenvalue weighted by molar-refractivity contribution is 6.01. The Labute approximate surface area is 281 Å². The molecule has 1 atom stereocenters. The molecule has 2 fully saturated rings. The zero-order chi connectivity index (χ0) is 33.8. The maximum Gasteiger partial charge on any atom is 0.259 e. The maximum atomic E-state index is 16.3. The molecule has 0 aliphatic carbocycles. The van der Waals surface area contributed by atoms with Crippen LogP contribution in [0.25, 0.3) is 16.6 Å². The monoisotopic (exact) mass is 662 g/mol. The number of benzene rings is 2. The average Bonchev–Trinajstić information content (AvgIpc) is 3.70. The van der Waals surface area contributed by atoms with Gasteiger partial charge in [0.1, 0.15) is 16.8 Å². The van der Waals surface area contributed by atoms with Crippen LogP contribution in [0.1, 0.15) is 33.6 Å². The van der Waals surface area contributed by atoms with E-state index in [-0.39, 0.29) is 40.8 Å². The van der Waals surface area contributed by atoms with E-state index in [1.165, 1.54) is 6.07 Å². The molecule has 2 N–H and O–H groups in total. The van der Waals surface area contributed by atoms with Crippen LogP contribution in [-0.4, -0.2) is 81.5 Å². The molecule has 49 heavy (non-hydrogen) atoms. The maximum absolute atomic E-state index is 16.3. The van der Waals surface area contributed by atoms with Crippen molar-refractivity contribution in [3.8, 4) is 17.2 Å². The van der Waals surface area contributed by atoms with E-state index in [1.807, 2.05) is 48.0 Å². The van der Waals surface area contributed by atoms with Gasteiger partial charge in [0, 0.05) is 75.8 Å². The quantitative estimate of drug-likeness (QED) is 0.275. The Balaban J connectivity index is 1.10. The Bertz CT molecular complexity index is 2170. The first-order valence-electron chi connectivity index (χ1n) is 16.4. The number of aromatic amines is 1. The Morgan fingerprint density at radius 1 is 1.04 bits per heavy atom. The summed E-state index contributed by atoms with van der Waals surface area (Å²) in [5.74, 6) is 0.142. The molecule has 3 aromatic heterocycles. The van der Waals surface area contributed by atoms with Crippen LogP contribution in [0.2, 0.25) is 0 Å². The van der Waals surface area contributed by atoms with Gasteiger partial charge in [-0.2, -0.15) is 0 Å². The molecule has 5 aromatic rings. The highest BCUT2D eigenvalue weighted by Gasteiger charge is 2.35. The van der Waals surface area contributed by atoms with E-state index < -0.39 is 17.2 Å². The summed E-state index contributed by atoms with van der Waals surface area (Å²) < 4.78 is 24.4. The van der Waals surface area contributed by atoms with E-state index in [9.17, 15) is 14.4 Å². The lowest BCUT2D eigenvalue weighted by molar-refractivity contribution is -0.121. The summed E-state index contributed by atoms with van der Waals surface area (Å²) in [6.45, 7) is 6.59. The molecule has 3 aliphatic heterocycles. The van der Waals surface area contributed by atoms with Crippen molar-refractivity contribution in [1.29, 1.82) is 0 Å². The van der Waals surface area contributed by atoms with Crippen molar-refractivity contribution in [2.75, 3.05) is 49.1 Å². The fraction of sp³-hybridized carbons (Fsp3) is 0.306. The molecule has 250 valence electrons. The van der Waals surface area contributed by atoms with Gasteiger partial charge in [0.25, 0.3) is 5.91 Å². The Kier molecular flexibility index (Phi) is 7.53. The largest absolute Gasteiger partial charge is 0.451 e. The fourth-order valence-corrected chi connectivity index (χ4v) is 7.11. The van der Waals surface area contributed by atoms with Gasteiger partial charge in [-0.05, 0) is 55.7 Å². The number of aryl methyl sites for hydroxylation is 1. The number of carbonyl (C=O) groups excluding carboxylic acids is 2. The molecule has 8 rings (SSSR count). The van der Waals surface area contributed by atoms with Gasteiger partial charge in [0.15, 0.2) is 17.3 Å². The molecule has 0 saturated carbocycles. The van der Waals surface area contributed by atoms with Crippen molar-refractivity contribution in [1.82, 2.24) is 29.7 Å². The van der Waals surface area contributed by atoms with E-state index in [0.29, 0.717) is 68.6 Å². The molecular weight excluding hydrogens is 627 g/mol. The Hall–Kier alpha value is -5.72. The second kappa shape index (κ2) is 12.1. The lowest BCUT2D eigenvalue weighted by atomic mass is 10.0. The number of fused-ring (bicyclic) bond motifs is 2. The number of halogens is 1. The molecule has 2 saturated heterocycles. The Morgan fingerprint density at radius 2 is 1.82 bits per heavy atom. The summed E-state index contributed by atoms with van der Waals surface area (Å²) in [6.07, 6.45) is 7.64. The highest BCUT2D eigenvalue weighted by Crippen LogP contribution is 2.47. The van der Waals surface area contributed by atoms with Crippen LogP contribution in [-0.2, 0) is 11.2 Å². The van der Waals surface area contributed by atoms with Crippen molar-refractivity contribution in [3.05, 3.63) is 99.6 Å². The van der Waals surface area contributed by atoms with Crippen molar-refractivity contribution in [2.45, 2.75) is 32.7 Å². The van der Waals surface area contributed by atoms with Crippen molar-refractivity contribution in [3.63, 3.8) is 0 Å². The lowest BCUT2D eigenvalue weighted by Crippen LogP contribution is -2.50. The third kappa shape index (κ3) is 5.35. The standard InChI is InChI=1S/C36H35FN8O4/c1-21-22(2)40-18-23(21)16-30(46)41-24-8-11-44(19-24)32-27(37)17-25-31-34(32)49-29-7-4-3-6-28(29)45(31)20-26(33(25)47)35(48)42-12-14-43(15-13-42)36-38-9-5-10-39-36/h3-7,9-10,17-18,20,24,40H,8,11-16,19H2,1-2H3,(H,41,46). The van der Waals surface area contributed by atoms with Crippen LogP contribution >= 0.6 is 0 Å². The van der Waals surface area contributed by atoms with Gasteiger partial charge in [-0.15, -0.1) is 0 Å². The molecule has 6 heterocycles. The van der Waals surface area contributed by atoms with Gasteiger partial charge < -0.3 is 34.3 Å². The number of H-pyrrole nitrogens is 1. The third-order valence-electron chi connectivity index (χ3n) is 9.87. The first-order chi connectivity index (χ1) is 23.8. The SMILES string of the molecule is Cc1[nH]cc(CC(=O)NC2CCN(c3c(F)cc4c(=O)c(C(=O)N5CCN(c6ncccn6)CC5)cn5c4c3Oc3ccccc3-5)C2)c1C. The fourth-order valence-electron chi connectivity index (χ4n) is 7.11. The third-order valence-corrected chi connectivity index (χ3v) is 9.87. The second-order valence-corrected chi connectivity index (χ2v) is 12.8. The zero-order valence-electron chi connectivity index (χ0n) is 27.2. The predicted molar refractivity (Wildman–Crippen MR) is 182 cm³/mol. The minimum atomic E-state index is -0.628. The molecule has 3 aliphatic rings. The molecule has 2 amide bonds. The van der Waals surface area contributed by atoms with Crippen LogP contribution < -0.4 is 25.3 Å². The topological polar surface area (TPSA) is 129 Å². The first kappa shape index (κ1) is 30.6. The number of piperazine rings is 1. The molecule has 12 nitrogen and oxygen atoms in total. The summed E-state index contributed by atoms with van der Waals surface area (Å²) in [7, 11) is 0. The van der Waals surface area contributed by atoms with Crippen LogP contribution in [0.15, 0.2) is 66.0 Å². The van der Waals surface area contributed by atoms with Gasteiger partial charge in [0.2, 0.25) is 17.3 Å². The molecule has 0 bridgehead atoms. The number of anilines is 2. The van der Waals surface area contributed by atoms with E-state index in [1.54, 1.807) is 40.2 Å². The number of para-hydroxylation sites is 2. The van der Waals surface area contributed by atoms with Crippen molar-refractivity contribution >= 4 is 34.4 Å². The average molecular weight is 663 g/mol.